The lowest BCUT2D eigenvalue weighted by Gasteiger charge is -2.27. The number of ether oxygens (including phenoxy) is 1. The summed E-state index contributed by atoms with van der Waals surface area (Å²) < 4.78 is 18.2. The molecular weight excluding hydrogens is 309 g/mol. The summed E-state index contributed by atoms with van der Waals surface area (Å²) in [5, 5.41) is 2.96. The first-order valence-electron chi connectivity index (χ1n) is 7.67. The smallest absolute Gasteiger partial charge is 0.246 e. The number of methoxy groups -OCH3 is 1. The van der Waals surface area contributed by atoms with Crippen LogP contribution in [0.3, 0.4) is 0 Å². The number of carbonyl (C=O) groups is 1. The van der Waals surface area contributed by atoms with Crippen LogP contribution in [0.1, 0.15) is 13.8 Å². The molecule has 0 saturated heterocycles. The van der Waals surface area contributed by atoms with Gasteiger partial charge in [-0.3, -0.25) is 4.79 Å². The topological polar surface area (TPSA) is 67.6 Å². The predicted molar refractivity (Wildman–Crippen MR) is 94.9 cm³/mol. The van der Waals surface area contributed by atoms with E-state index in [1.54, 1.807) is 12.0 Å². The van der Waals surface area contributed by atoms with Gasteiger partial charge in [0.25, 0.3) is 0 Å². The minimum absolute atomic E-state index is 0.0155. The van der Waals surface area contributed by atoms with E-state index in [2.05, 4.69) is 5.32 Å². The first-order chi connectivity index (χ1) is 11.4. The molecule has 0 aliphatic carbocycles. The molecule has 2 aromatic rings. The highest BCUT2D eigenvalue weighted by atomic mass is 19.1. The van der Waals surface area contributed by atoms with Gasteiger partial charge in [-0.25, -0.2) is 4.39 Å². The molecule has 0 unspecified atom stereocenters. The van der Waals surface area contributed by atoms with Crippen molar-refractivity contribution in [3.05, 3.63) is 48.3 Å². The van der Waals surface area contributed by atoms with Gasteiger partial charge in [-0.1, -0.05) is 0 Å². The Balaban J connectivity index is 2.11. The predicted octanol–water partition coefficient (Wildman–Crippen LogP) is 3.27. The average molecular weight is 331 g/mol. The number of anilines is 3. The van der Waals surface area contributed by atoms with Crippen molar-refractivity contribution < 1.29 is 13.9 Å². The number of nitrogens with zero attached hydrogens (tertiary/aromatic N) is 1. The number of halogens is 1. The van der Waals surface area contributed by atoms with Crippen LogP contribution in [0, 0.1) is 5.82 Å². The molecule has 0 aliphatic heterocycles. The van der Waals surface area contributed by atoms with E-state index < -0.39 is 5.82 Å². The van der Waals surface area contributed by atoms with Crippen molar-refractivity contribution in [2.75, 3.05) is 29.6 Å². The minimum Gasteiger partial charge on any atom is -0.497 e. The Morgan fingerprint density at radius 2 is 1.92 bits per heavy atom. The quantitative estimate of drug-likeness (QED) is 0.797. The molecule has 2 aromatic carbocycles. The van der Waals surface area contributed by atoms with Crippen molar-refractivity contribution in [1.82, 2.24) is 0 Å². The Labute approximate surface area is 141 Å². The maximum Gasteiger partial charge on any atom is 0.246 e. The van der Waals surface area contributed by atoms with Crippen molar-refractivity contribution in [2.24, 2.45) is 0 Å². The molecule has 1 amide bonds. The first-order valence-corrected chi connectivity index (χ1v) is 7.67. The molecule has 5 nitrogen and oxygen atoms in total. The van der Waals surface area contributed by atoms with E-state index in [4.69, 9.17) is 10.5 Å². The summed E-state index contributed by atoms with van der Waals surface area (Å²) in [5.74, 6) is 0.206. The lowest BCUT2D eigenvalue weighted by molar-refractivity contribution is -0.117. The van der Waals surface area contributed by atoms with Crippen LogP contribution in [0.2, 0.25) is 0 Å². The molecule has 128 valence electrons. The Morgan fingerprint density at radius 1 is 1.25 bits per heavy atom. The fourth-order valence-corrected chi connectivity index (χ4v) is 2.42. The maximum atomic E-state index is 13.1. The van der Waals surface area contributed by atoms with E-state index in [0.29, 0.717) is 5.69 Å². The van der Waals surface area contributed by atoms with Gasteiger partial charge in [0.05, 0.1) is 25.0 Å². The summed E-state index contributed by atoms with van der Waals surface area (Å²) >= 11 is 0. The summed E-state index contributed by atoms with van der Waals surface area (Å²) in [4.78, 5) is 14.3. The van der Waals surface area contributed by atoms with Crippen LogP contribution < -0.4 is 20.7 Å². The number of nitrogen functional groups attached to an aromatic ring is 1. The van der Waals surface area contributed by atoms with Crippen LogP contribution in [0.25, 0.3) is 0 Å². The van der Waals surface area contributed by atoms with Crippen LogP contribution in [-0.4, -0.2) is 25.6 Å². The first kappa shape index (κ1) is 17.6. The number of nitrogens with one attached hydrogen (secondary N) is 1. The second kappa shape index (κ2) is 7.68. The highest BCUT2D eigenvalue weighted by Crippen LogP contribution is 2.22. The number of nitrogens with two attached hydrogens (primary N) is 1. The third kappa shape index (κ3) is 4.16. The second-order valence-corrected chi connectivity index (χ2v) is 5.64. The van der Waals surface area contributed by atoms with Crippen molar-refractivity contribution in [3.8, 4) is 5.75 Å². The zero-order chi connectivity index (χ0) is 17.7. The van der Waals surface area contributed by atoms with E-state index in [-0.39, 0.29) is 24.2 Å². The third-order valence-corrected chi connectivity index (χ3v) is 3.58. The minimum atomic E-state index is -0.411. The van der Waals surface area contributed by atoms with Gasteiger partial charge in [-0.15, -0.1) is 0 Å². The van der Waals surface area contributed by atoms with Gasteiger partial charge < -0.3 is 20.7 Å². The second-order valence-electron chi connectivity index (χ2n) is 5.64. The molecule has 0 heterocycles. The Morgan fingerprint density at radius 3 is 2.46 bits per heavy atom. The maximum absolute atomic E-state index is 13.1. The molecule has 24 heavy (non-hydrogen) atoms. The van der Waals surface area contributed by atoms with E-state index in [1.165, 1.54) is 18.2 Å². The molecule has 0 aliphatic rings. The Kier molecular flexibility index (Phi) is 5.63. The molecule has 3 N–H and O–H groups in total. The van der Waals surface area contributed by atoms with Gasteiger partial charge >= 0.3 is 0 Å². The number of amides is 1. The third-order valence-electron chi connectivity index (χ3n) is 3.58. The number of rotatable bonds is 6. The zero-order valence-electron chi connectivity index (χ0n) is 14.0. The van der Waals surface area contributed by atoms with Gasteiger partial charge in [0, 0.05) is 11.7 Å². The summed E-state index contributed by atoms with van der Waals surface area (Å²) in [7, 11) is 1.59. The molecule has 0 saturated carbocycles. The SMILES string of the molecule is COc1ccc(N(C(=O)CNc2ccc(F)cc2N)C(C)C)cc1. The molecule has 0 fully saturated rings. The van der Waals surface area contributed by atoms with Crippen LogP contribution in [0.4, 0.5) is 21.5 Å². The highest BCUT2D eigenvalue weighted by Gasteiger charge is 2.19. The van der Waals surface area contributed by atoms with Crippen LogP contribution >= 0.6 is 0 Å². The Bertz CT molecular complexity index is 702. The van der Waals surface area contributed by atoms with E-state index in [0.717, 1.165) is 11.4 Å². The standard InChI is InChI=1S/C18H22FN3O2/c1-12(2)22(14-5-7-15(24-3)8-6-14)18(23)11-21-17-9-4-13(19)10-16(17)20/h4-10,12,21H,11,20H2,1-3H3. The number of carbonyl (C=O) groups excluding carboxylic acids is 1. The lowest BCUT2D eigenvalue weighted by Crippen LogP contribution is -2.40. The molecule has 0 radical (unpaired) electrons. The lowest BCUT2D eigenvalue weighted by atomic mass is 10.2. The van der Waals surface area contributed by atoms with E-state index in [9.17, 15) is 9.18 Å². The van der Waals surface area contributed by atoms with Crippen molar-refractivity contribution >= 4 is 23.0 Å². The monoisotopic (exact) mass is 331 g/mol. The van der Waals surface area contributed by atoms with E-state index in [1.807, 2.05) is 38.1 Å². The summed E-state index contributed by atoms with van der Waals surface area (Å²) in [6.45, 7) is 3.93. The summed E-state index contributed by atoms with van der Waals surface area (Å²) in [5.41, 5.74) is 7.33. The number of hydrogen-bond acceptors (Lipinski definition) is 4. The van der Waals surface area contributed by atoms with Crippen molar-refractivity contribution in [1.29, 1.82) is 0 Å². The van der Waals surface area contributed by atoms with Gasteiger partial charge in [0.1, 0.15) is 11.6 Å². The fourth-order valence-electron chi connectivity index (χ4n) is 2.42. The van der Waals surface area contributed by atoms with Gasteiger partial charge in [0.2, 0.25) is 5.91 Å². The van der Waals surface area contributed by atoms with Gasteiger partial charge in [0.15, 0.2) is 0 Å². The molecule has 6 heteroatoms. The molecule has 0 atom stereocenters. The van der Waals surface area contributed by atoms with Crippen molar-refractivity contribution in [3.63, 3.8) is 0 Å². The average Bonchev–Trinajstić information content (AvgIpc) is 2.54. The van der Waals surface area contributed by atoms with Crippen LogP contribution in [0.15, 0.2) is 42.5 Å². The zero-order valence-corrected chi connectivity index (χ0v) is 14.0. The highest BCUT2D eigenvalue weighted by molar-refractivity contribution is 5.97. The number of benzene rings is 2. The van der Waals surface area contributed by atoms with Crippen LogP contribution in [-0.2, 0) is 4.79 Å². The Hall–Kier alpha value is -2.76. The van der Waals surface area contributed by atoms with Gasteiger partial charge in [-0.05, 0) is 56.3 Å². The van der Waals surface area contributed by atoms with Gasteiger partial charge in [-0.2, -0.15) is 0 Å². The molecular formula is C18H22FN3O2. The fraction of sp³-hybridized carbons (Fsp3) is 0.278. The summed E-state index contributed by atoms with van der Waals surface area (Å²) in [6.07, 6.45) is 0. The largest absolute Gasteiger partial charge is 0.497 e. The molecule has 2 rings (SSSR count). The molecule has 0 bridgehead atoms. The van der Waals surface area contributed by atoms with Crippen molar-refractivity contribution in [2.45, 2.75) is 19.9 Å². The summed E-state index contributed by atoms with van der Waals surface area (Å²) in [6, 6.07) is 11.3. The molecule has 0 aromatic heterocycles. The van der Waals surface area contributed by atoms with Crippen LogP contribution in [0.5, 0.6) is 5.75 Å². The molecule has 0 spiro atoms. The number of hydrogen-bond donors (Lipinski definition) is 2. The normalized spacial score (nSPS) is 10.5. The van der Waals surface area contributed by atoms with E-state index >= 15 is 0 Å².